The van der Waals surface area contributed by atoms with Gasteiger partial charge in [-0.2, -0.15) is 12.6 Å². The lowest BCUT2D eigenvalue weighted by Crippen LogP contribution is -2.26. The second kappa shape index (κ2) is 6.14. The molecule has 1 aromatic carbocycles. The molecule has 0 bridgehead atoms. The fourth-order valence-electron chi connectivity index (χ4n) is 2.16. The minimum Gasteiger partial charge on any atom is -0.493 e. The third-order valence-corrected chi connectivity index (χ3v) is 3.37. The van der Waals surface area contributed by atoms with E-state index in [4.69, 9.17) is 4.74 Å². The molecule has 0 aliphatic carbocycles. The molecular formula is C14H19NO2S. The molecule has 4 heteroatoms. The van der Waals surface area contributed by atoms with Gasteiger partial charge >= 0.3 is 0 Å². The molecule has 0 saturated carbocycles. The van der Waals surface area contributed by atoms with Crippen molar-refractivity contribution < 1.29 is 9.53 Å². The van der Waals surface area contributed by atoms with Crippen LogP contribution < -0.4 is 4.74 Å². The summed E-state index contributed by atoms with van der Waals surface area (Å²) in [6, 6.07) is 6.20. The second-order valence-corrected chi connectivity index (χ2v) is 5.06. The Morgan fingerprint density at radius 1 is 1.50 bits per heavy atom. The summed E-state index contributed by atoms with van der Waals surface area (Å²) in [4.78, 5) is 13.4. The highest BCUT2D eigenvalue weighted by atomic mass is 32.1. The molecule has 1 aromatic rings. The van der Waals surface area contributed by atoms with Crippen molar-refractivity contribution in [3.63, 3.8) is 0 Å². The van der Waals surface area contributed by atoms with Gasteiger partial charge in [0, 0.05) is 20.0 Å². The molecule has 0 N–H and O–H groups in total. The first-order valence-electron chi connectivity index (χ1n) is 6.30. The van der Waals surface area contributed by atoms with Gasteiger partial charge in [-0.1, -0.05) is 12.1 Å². The first-order chi connectivity index (χ1) is 8.70. The van der Waals surface area contributed by atoms with Crippen LogP contribution in [0, 0.1) is 0 Å². The second-order valence-electron chi connectivity index (χ2n) is 4.62. The molecule has 1 aliphatic rings. The predicted molar refractivity (Wildman–Crippen MR) is 75.2 cm³/mol. The standard InChI is InChI=1S/C14H19NO2S/c1-15(14(16)6-8-18)10-11-4-5-13-12(9-11)3-2-7-17-13/h4-5,9,18H,2-3,6-8,10H2,1H3. The minimum absolute atomic E-state index is 0.138. The van der Waals surface area contributed by atoms with E-state index in [0.717, 1.165) is 30.8 Å². The number of hydrogen-bond acceptors (Lipinski definition) is 3. The van der Waals surface area contributed by atoms with E-state index in [-0.39, 0.29) is 5.91 Å². The van der Waals surface area contributed by atoms with E-state index in [1.807, 2.05) is 19.2 Å². The highest BCUT2D eigenvalue weighted by Gasteiger charge is 2.12. The van der Waals surface area contributed by atoms with Gasteiger partial charge in [0.25, 0.3) is 0 Å². The van der Waals surface area contributed by atoms with Crippen LogP contribution in [0.2, 0.25) is 0 Å². The van der Waals surface area contributed by atoms with Gasteiger partial charge in [0.2, 0.25) is 5.91 Å². The monoisotopic (exact) mass is 265 g/mol. The van der Waals surface area contributed by atoms with E-state index in [1.165, 1.54) is 5.56 Å². The van der Waals surface area contributed by atoms with Crippen molar-refractivity contribution in [3.8, 4) is 5.75 Å². The molecule has 0 atom stereocenters. The number of ether oxygens (including phenoxy) is 1. The predicted octanol–water partition coefficient (Wildman–Crippen LogP) is 2.29. The zero-order chi connectivity index (χ0) is 13.0. The number of rotatable bonds is 4. The number of amides is 1. The topological polar surface area (TPSA) is 29.5 Å². The summed E-state index contributed by atoms with van der Waals surface area (Å²) in [5.41, 5.74) is 2.42. The van der Waals surface area contributed by atoms with Gasteiger partial charge in [-0.05, 0) is 35.8 Å². The van der Waals surface area contributed by atoms with E-state index < -0.39 is 0 Å². The molecule has 0 aromatic heterocycles. The van der Waals surface area contributed by atoms with Crippen LogP contribution in [0.3, 0.4) is 0 Å². The molecule has 0 fully saturated rings. The van der Waals surface area contributed by atoms with Gasteiger partial charge in [-0.25, -0.2) is 0 Å². The van der Waals surface area contributed by atoms with E-state index in [1.54, 1.807) is 4.90 Å². The zero-order valence-electron chi connectivity index (χ0n) is 10.7. The molecule has 3 nitrogen and oxygen atoms in total. The minimum atomic E-state index is 0.138. The summed E-state index contributed by atoms with van der Waals surface area (Å²) >= 11 is 4.08. The number of thiol groups is 1. The average Bonchev–Trinajstić information content (AvgIpc) is 2.39. The summed E-state index contributed by atoms with van der Waals surface area (Å²) in [7, 11) is 1.84. The Balaban J connectivity index is 2.03. The van der Waals surface area contributed by atoms with Crippen LogP contribution in [0.25, 0.3) is 0 Å². The maximum Gasteiger partial charge on any atom is 0.223 e. The number of fused-ring (bicyclic) bond motifs is 1. The van der Waals surface area contributed by atoms with Crippen LogP contribution in [-0.2, 0) is 17.8 Å². The Bertz CT molecular complexity index is 434. The normalized spacial score (nSPS) is 13.7. The number of aryl methyl sites for hydroxylation is 1. The molecule has 1 aliphatic heterocycles. The Labute approximate surface area is 114 Å². The van der Waals surface area contributed by atoms with Crippen molar-refractivity contribution in [2.24, 2.45) is 0 Å². The molecule has 98 valence electrons. The van der Waals surface area contributed by atoms with Crippen LogP contribution in [0.5, 0.6) is 5.75 Å². The summed E-state index contributed by atoms with van der Waals surface area (Å²) in [6.45, 7) is 1.46. The molecule has 18 heavy (non-hydrogen) atoms. The zero-order valence-corrected chi connectivity index (χ0v) is 11.6. The quantitative estimate of drug-likeness (QED) is 0.846. The van der Waals surface area contributed by atoms with Crippen molar-refractivity contribution in [2.45, 2.75) is 25.8 Å². The summed E-state index contributed by atoms with van der Waals surface area (Å²) < 4.78 is 5.58. The number of carbonyl (C=O) groups excluding carboxylic acids is 1. The maximum absolute atomic E-state index is 11.7. The Morgan fingerprint density at radius 3 is 3.11 bits per heavy atom. The number of hydrogen-bond donors (Lipinski definition) is 1. The molecule has 1 amide bonds. The third kappa shape index (κ3) is 3.19. The van der Waals surface area contributed by atoms with Gasteiger partial charge in [-0.15, -0.1) is 0 Å². The van der Waals surface area contributed by atoms with Crippen LogP contribution in [0.1, 0.15) is 24.0 Å². The van der Waals surface area contributed by atoms with Crippen molar-refractivity contribution in [2.75, 3.05) is 19.4 Å². The fraction of sp³-hybridized carbons (Fsp3) is 0.500. The molecule has 2 rings (SSSR count). The number of benzene rings is 1. The lowest BCUT2D eigenvalue weighted by molar-refractivity contribution is -0.129. The van der Waals surface area contributed by atoms with Gasteiger partial charge in [0.05, 0.1) is 6.61 Å². The van der Waals surface area contributed by atoms with E-state index in [9.17, 15) is 4.79 Å². The SMILES string of the molecule is CN(Cc1ccc2c(c1)CCCO2)C(=O)CCS. The van der Waals surface area contributed by atoms with Crippen molar-refractivity contribution in [1.29, 1.82) is 0 Å². The molecule has 0 spiro atoms. The third-order valence-electron chi connectivity index (χ3n) is 3.14. The van der Waals surface area contributed by atoms with Crippen molar-refractivity contribution in [1.82, 2.24) is 4.90 Å². The van der Waals surface area contributed by atoms with Gasteiger partial charge in [-0.3, -0.25) is 4.79 Å². The van der Waals surface area contributed by atoms with Crippen LogP contribution >= 0.6 is 12.6 Å². The van der Waals surface area contributed by atoms with Crippen molar-refractivity contribution >= 4 is 18.5 Å². The molecule has 0 radical (unpaired) electrons. The summed E-state index contributed by atoms with van der Waals surface area (Å²) in [6.07, 6.45) is 2.63. The molecule has 0 unspecified atom stereocenters. The van der Waals surface area contributed by atoms with Gasteiger partial charge in [0.1, 0.15) is 5.75 Å². The van der Waals surface area contributed by atoms with E-state index in [2.05, 4.69) is 18.7 Å². The Kier molecular flexibility index (Phi) is 4.53. The molecule has 1 heterocycles. The number of carbonyl (C=O) groups is 1. The smallest absolute Gasteiger partial charge is 0.223 e. The molecule has 0 saturated heterocycles. The van der Waals surface area contributed by atoms with E-state index >= 15 is 0 Å². The summed E-state index contributed by atoms with van der Waals surface area (Å²) in [5.74, 6) is 1.73. The summed E-state index contributed by atoms with van der Waals surface area (Å²) in [5, 5.41) is 0. The van der Waals surface area contributed by atoms with Crippen LogP contribution in [0.4, 0.5) is 0 Å². The average molecular weight is 265 g/mol. The fourth-order valence-corrected chi connectivity index (χ4v) is 2.35. The maximum atomic E-state index is 11.7. The number of nitrogens with zero attached hydrogens (tertiary/aromatic N) is 1. The van der Waals surface area contributed by atoms with Gasteiger partial charge in [0.15, 0.2) is 0 Å². The first kappa shape index (κ1) is 13.3. The highest BCUT2D eigenvalue weighted by molar-refractivity contribution is 7.80. The Morgan fingerprint density at radius 2 is 2.33 bits per heavy atom. The van der Waals surface area contributed by atoms with Crippen molar-refractivity contribution in [3.05, 3.63) is 29.3 Å². The largest absolute Gasteiger partial charge is 0.493 e. The first-order valence-corrected chi connectivity index (χ1v) is 6.93. The lowest BCUT2D eigenvalue weighted by Gasteiger charge is -2.20. The van der Waals surface area contributed by atoms with E-state index in [0.29, 0.717) is 18.7 Å². The Hall–Kier alpha value is -1.16. The molecular weight excluding hydrogens is 246 g/mol. The van der Waals surface area contributed by atoms with Gasteiger partial charge < -0.3 is 9.64 Å². The van der Waals surface area contributed by atoms with Crippen LogP contribution in [-0.4, -0.2) is 30.2 Å². The highest BCUT2D eigenvalue weighted by Crippen LogP contribution is 2.25. The lowest BCUT2D eigenvalue weighted by atomic mass is 10.0. The van der Waals surface area contributed by atoms with Crippen LogP contribution in [0.15, 0.2) is 18.2 Å².